The molecule has 5 nitrogen and oxygen atoms in total. The summed E-state index contributed by atoms with van der Waals surface area (Å²) in [4.78, 5) is 12.3. The van der Waals surface area contributed by atoms with Crippen LogP contribution >= 0.6 is 0 Å². The second kappa shape index (κ2) is 10.4. The summed E-state index contributed by atoms with van der Waals surface area (Å²) in [6.07, 6.45) is 3.83. The number of benzene rings is 2. The molecule has 0 atom stereocenters. The molecule has 2 aromatic carbocycles. The van der Waals surface area contributed by atoms with Crippen molar-refractivity contribution in [3.63, 3.8) is 0 Å². The van der Waals surface area contributed by atoms with Crippen molar-refractivity contribution in [3.8, 4) is 0 Å². The van der Waals surface area contributed by atoms with Gasteiger partial charge >= 0.3 is 0 Å². The van der Waals surface area contributed by atoms with Gasteiger partial charge in [0, 0.05) is 19.5 Å². The summed E-state index contributed by atoms with van der Waals surface area (Å²) in [5.74, 6) is -0.0633. The third-order valence-corrected chi connectivity index (χ3v) is 6.18. The van der Waals surface area contributed by atoms with Crippen LogP contribution < -0.4 is 9.62 Å². The molecule has 0 aromatic heterocycles. The van der Waals surface area contributed by atoms with Crippen LogP contribution in [-0.4, -0.2) is 27.1 Å². The zero-order valence-electron chi connectivity index (χ0n) is 17.9. The van der Waals surface area contributed by atoms with E-state index in [-0.39, 0.29) is 18.9 Å². The van der Waals surface area contributed by atoms with E-state index in [1.165, 1.54) is 21.7 Å². The molecule has 0 bridgehead atoms. The number of rotatable bonds is 10. The largest absolute Gasteiger partial charge is 0.352 e. The van der Waals surface area contributed by atoms with Gasteiger partial charge in [-0.1, -0.05) is 44.2 Å². The van der Waals surface area contributed by atoms with Crippen LogP contribution in [0.15, 0.2) is 42.5 Å². The van der Waals surface area contributed by atoms with Crippen molar-refractivity contribution in [1.29, 1.82) is 0 Å². The molecule has 29 heavy (non-hydrogen) atoms. The average molecular weight is 417 g/mol. The molecule has 2 aromatic rings. The van der Waals surface area contributed by atoms with Gasteiger partial charge in [0.1, 0.15) is 0 Å². The fourth-order valence-corrected chi connectivity index (χ4v) is 4.30. The molecule has 0 radical (unpaired) electrons. The van der Waals surface area contributed by atoms with E-state index in [9.17, 15) is 13.2 Å². The molecule has 0 spiro atoms. The number of carbonyl (C=O) groups is 1. The van der Waals surface area contributed by atoms with E-state index < -0.39 is 10.0 Å². The van der Waals surface area contributed by atoms with Crippen LogP contribution in [0, 0.1) is 6.92 Å². The van der Waals surface area contributed by atoms with Gasteiger partial charge in [0.05, 0.1) is 11.9 Å². The Hall–Kier alpha value is -2.34. The molecular formula is C23H32N2O3S. The average Bonchev–Trinajstić information content (AvgIpc) is 2.68. The van der Waals surface area contributed by atoms with Crippen LogP contribution in [0.4, 0.5) is 5.69 Å². The molecule has 158 valence electrons. The zero-order chi connectivity index (χ0) is 21.4. The van der Waals surface area contributed by atoms with E-state index in [1.54, 1.807) is 6.07 Å². The quantitative estimate of drug-likeness (QED) is 0.637. The Kier molecular flexibility index (Phi) is 8.26. The summed E-state index contributed by atoms with van der Waals surface area (Å²) in [7, 11) is -3.40. The highest BCUT2D eigenvalue weighted by Crippen LogP contribution is 2.19. The highest BCUT2D eigenvalue weighted by molar-refractivity contribution is 7.92. The van der Waals surface area contributed by atoms with Gasteiger partial charge in [-0.2, -0.15) is 0 Å². The molecule has 2 rings (SSSR count). The summed E-state index contributed by atoms with van der Waals surface area (Å²) >= 11 is 0. The number of aryl methyl sites for hydroxylation is 3. The Morgan fingerprint density at radius 3 is 2.41 bits per heavy atom. The number of nitrogens with one attached hydrogen (secondary N) is 1. The summed E-state index contributed by atoms with van der Waals surface area (Å²) in [5, 5.41) is 2.98. The second-order valence-corrected chi connectivity index (χ2v) is 9.27. The minimum Gasteiger partial charge on any atom is -0.352 e. The zero-order valence-corrected chi connectivity index (χ0v) is 18.7. The minimum absolute atomic E-state index is 0.0633. The highest BCUT2D eigenvalue weighted by Gasteiger charge is 2.17. The van der Waals surface area contributed by atoms with Crippen molar-refractivity contribution in [2.75, 3.05) is 17.1 Å². The van der Waals surface area contributed by atoms with Gasteiger partial charge in [-0.05, 0) is 60.6 Å². The van der Waals surface area contributed by atoms with Crippen LogP contribution in [0.1, 0.15) is 48.9 Å². The van der Waals surface area contributed by atoms with Crippen LogP contribution in [0.2, 0.25) is 0 Å². The highest BCUT2D eigenvalue weighted by atomic mass is 32.2. The number of hydrogen-bond acceptors (Lipinski definition) is 3. The van der Waals surface area contributed by atoms with Crippen LogP contribution in [0.3, 0.4) is 0 Å². The van der Waals surface area contributed by atoms with Crippen molar-refractivity contribution < 1.29 is 13.2 Å². The topological polar surface area (TPSA) is 66.5 Å². The second-order valence-electron chi connectivity index (χ2n) is 7.36. The van der Waals surface area contributed by atoms with E-state index in [4.69, 9.17) is 0 Å². The van der Waals surface area contributed by atoms with Crippen molar-refractivity contribution in [3.05, 3.63) is 64.7 Å². The summed E-state index contributed by atoms with van der Waals surface area (Å²) < 4.78 is 25.7. The lowest BCUT2D eigenvalue weighted by Gasteiger charge is -2.22. The van der Waals surface area contributed by atoms with Crippen molar-refractivity contribution in [2.45, 2.75) is 53.0 Å². The van der Waals surface area contributed by atoms with Crippen LogP contribution in [-0.2, 0) is 34.2 Å². The van der Waals surface area contributed by atoms with E-state index in [0.717, 1.165) is 24.0 Å². The molecule has 6 heteroatoms. The number of sulfonamides is 1. The lowest BCUT2D eigenvalue weighted by Crippen LogP contribution is -2.32. The fourth-order valence-electron chi connectivity index (χ4n) is 3.34. The maximum absolute atomic E-state index is 12.3. The Labute approximate surface area is 175 Å². The van der Waals surface area contributed by atoms with Gasteiger partial charge in [-0.15, -0.1) is 0 Å². The number of nitrogens with zero attached hydrogens (tertiary/aromatic N) is 1. The Morgan fingerprint density at radius 1 is 1.03 bits per heavy atom. The molecule has 0 aliphatic heterocycles. The maximum Gasteiger partial charge on any atom is 0.232 e. The third kappa shape index (κ3) is 6.89. The van der Waals surface area contributed by atoms with Crippen molar-refractivity contribution in [2.24, 2.45) is 0 Å². The summed E-state index contributed by atoms with van der Waals surface area (Å²) in [6, 6.07) is 13.8. The fraction of sp³-hybridized carbons (Fsp3) is 0.435. The predicted octanol–water partition coefficient (Wildman–Crippen LogP) is 3.98. The number of carbonyl (C=O) groups excluding carboxylic acids is 1. The van der Waals surface area contributed by atoms with E-state index >= 15 is 0 Å². The van der Waals surface area contributed by atoms with Crippen molar-refractivity contribution in [1.82, 2.24) is 5.32 Å². The standard InChI is InChI=1S/C23H32N2O3S/c1-5-19-12-13-20(6-2)21(16-19)17-24-23(26)11-8-14-25(29(4,27)28)22-10-7-9-18(3)15-22/h7,9-10,12-13,15-16H,5-6,8,11,14,17H2,1-4H3,(H,24,26). The first-order chi connectivity index (χ1) is 13.7. The molecule has 0 aliphatic rings. The lowest BCUT2D eigenvalue weighted by atomic mass is 10.0. The van der Waals surface area contributed by atoms with E-state index in [1.807, 2.05) is 25.1 Å². The molecule has 0 heterocycles. The molecule has 0 saturated heterocycles. The van der Waals surface area contributed by atoms with Crippen LogP contribution in [0.25, 0.3) is 0 Å². The monoisotopic (exact) mass is 416 g/mol. The van der Waals surface area contributed by atoms with Gasteiger partial charge in [0.15, 0.2) is 0 Å². The molecule has 0 aliphatic carbocycles. The smallest absolute Gasteiger partial charge is 0.232 e. The van der Waals surface area contributed by atoms with Gasteiger partial charge in [0.2, 0.25) is 15.9 Å². The van der Waals surface area contributed by atoms with E-state index in [0.29, 0.717) is 18.7 Å². The first kappa shape index (κ1) is 22.9. The first-order valence-corrected chi connectivity index (χ1v) is 12.0. The Bertz CT molecular complexity index is 939. The lowest BCUT2D eigenvalue weighted by molar-refractivity contribution is -0.121. The molecular weight excluding hydrogens is 384 g/mol. The third-order valence-electron chi connectivity index (χ3n) is 4.99. The number of hydrogen-bond donors (Lipinski definition) is 1. The Morgan fingerprint density at radius 2 is 1.79 bits per heavy atom. The first-order valence-electron chi connectivity index (χ1n) is 10.2. The van der Waals surface area contributed by atoms with E-state index in [2.05, 4.69) is 37.4 Å². The van der Waals surface area contributed by atoms with Gasteiger partial charge in [-0.3, -0.25) is 9.10 Å². The van der Waals surface area contributed by atoms with Gasteiger partial charge in [0.25, 0.3) is 0 Å². The number of anilines is 1. The molecule has 1 amide bonds. The van der Waals surface area contributed by atoms with Gasteiger partial charge < -0.3 is 5.32 Å². The summed E-state index contributed by atoms with van der Waals surface area (Å²) in [6.45, 7) is 6.93. The number of amides is 1. The SMILES string of the molecule is CCc1ccc(CC)c(CNC(=O)CCCN(c2cccc(C)c2)S(C)(=O)=O)c1. The molecule has 1 N–H and O–H groups in total. The van der Waals surface area contributed by atoms with Crippen LogP contribution in [0.5, 0.6) is 0 Å². The molecule has 0 saturated carbocycles. The minimum atomic E-state index is -3.40. The predicted molar refractivity (Wildman–Crippen MR) is 120 cm³/mol. The molecule has 0 unspecified atom stereocenters. The Balaban J connectivity index is 1.93. The molecule has 0 fully saturated rings. The maximum atomic E-state index is 12.3. The van der Waals surface area contributed by atoms with Crippen molar-refractivity contribution >= 4 is 21.6 Å². The van der Waals surface area contributed by atoms with Gasteiger partial charge in [-0.25, -0.2) is 8.42 Å². The summed E-state index contributed by atoms with van der Waals surface area (Å²) in [5.41, 5.74) is 5.28. The normalized spacial score (nSPS) is 11.3.